The third-order valence-electron chi connectivity index (χ3n) is 3.02. The van der Waals surface area contributed by atoms with Crippen molar-refractivity contribution in [2.24, 2.45) is 5.41 Å². The summed E-state index contributed by atoms with van der Waals surface area (Å²) in [5, 5.41) is 21.2. The van der Waals surface area contributed by atoms with E-state index >= 15 is 0 Å². The summed E-state index contributed by atoms with van der Waals surface area (Å²) < 4.78 is 0. The Morgan fingerprint density at radius 1 is 1.36 bits per heavy atom. The Kier molecular flexibility index (Phi) is 3.03. The average molecular weight is 202 g/mol. The summed E-state index contributed by atoms with van der Waals surface area (Å²) in [5.41, 5.74) is -0.759. The van der Waals surface area contributed by atoms with Crippen molar-refractivity contribution < 1.29 is 9.85 Å². The van der Waals surface area contributed by atoms with Gasteiger partial charge in [-0.1, -0.05) is 6.42 Å². The first-order chi connectivity index (χ1) is 6.46. The molecule has 1 aliphatic rings. The zero-order chi connectivity index (χ0) is 10.8. The zero-order valence-corrected chi connectivity index (χ0v) is 8.14. The number of rotatable bonds is 3. The van der Waals surface area contributed by atoms with Crippen LogP contribution in [0.2, 0.25) is 0 Å². The van der Waals surface area contributed by atoms with Gasteiger partial charge < -0.3 is 0 Å². The Labute approximate surface area is 81.6 Å². The summed E-state index contributed by atoms with van der Waals surface area (Å²) in [6.45, 7) is 1.36. The van der Waals surface area contributed by atoms with E-state index in [1.165, 1.54) is 0 Å². The number of hydrogen-bond donors (Lipinski definition) is 0. The summed E-state index contributed by atoms with van der Waals surface area (Å²) in [7, 11) is 0. The Hall–Kier alpha value is -1.20. The predicted octanol–water partition coefficient (Wildman–Crippen LogP) is 1.49. The second-order valence-electron chi connectivity index (χ2n) is 4.19. The van der Waals surface area contributed by atoms with Crippen molar-refractivity contribution in [1.29, 1.82) is 0 Å². The minimum atomic E-state index is -0.759. The molecular weight excluding hydrogens is 188 g/mol. The molecule has 0 aliphatic heterocycles. The van der Waals surface area contributed by atoms with Crippen LogP contribution in [-0.2, 0) is 0 Å². The smallest absolute Gasteiger partial charge is 0.224 e. The molecule has 80 valence electrons. The van der Waals surface area contributed by atoms with Gasteiger partial charge >= 0.3 is 0 Å². The first-order valence-corrected chi connectivity index (χ1v) is 4.71. The van der Waals surface area contributed by atoms with Gasteiger partial charge in [-0.3, -0.25) is 20.2 Å². The largest absolute Gasteiger partial charge is 0.265 e. The lowest BCUT2D eigenvalue weighted by molar-refractivity contribution is -0.573. The van der Waals surface area contributed by atoms with Gasteiger partial charge in [0.15, 0.2) is 0 Å². The van der Waals surface area contributed by atoms with Crippen LogP contribution in [0.4, 0.5) is 0 Å². The highest BCUT2D eigenvalue weighted by atomic mass is 16.6. The van der Waals surface area contributed by atoms with Crippen LogP contribution in [0.5, 0.6) is 0 Å². The molecule has 0 radical (unpaired) electrons. The van der Waals surface area contributed by atoms with Crippen molar-refractivity contribution in [1.82, 2.24) is 0 Å². The molecule has 0 N–H and O–H groups in total. The fourth-order valence-corrected chi connectivity index (χ4v) is 2.22. The van der Waals surface area contributed by atoms with Crippen molar-refractivity contribution in [3.63, 3.8) is 0 Å². The SMILES string of the molecule is CC1(C[N+](=O)[O-])CCCCC1[N+](=O)[O-]. The second-order valence-corrected chi connectivity index (χ2v) is 4.19. The molecule has 0 heterocycles. The molecule has 0 aromatic heterocycles. The van der Waals surface area contributed by atoms with E-state index in [-0.39, 0.29) is 11.5 Å². The summed E-state index contributed by atoms with van der Waals surface area (Å²) in [6.07, 6.45) is 2.71. The van der Waals surface area contributed by atoms with Gasteiger partial charge in [-0.2, -0.15) is 0 Å². The molecule has 1 fully saturated rings. The maximum Gasteiger partial charge on any atom is 0.224 e. The van der Waals surface area contributed by atoms with Crippen molar-refractivity contribution in [2.45, 2.75) is 38.6 Å². The van der Waals surface area contributed by atoms with E-state index in [4.69, 9.17) is 0 Å². The maximum absolute atomic E-state index is 10.7. The Morgan fingerprint density at radius 2 is 2.00 bits per heavy atom. The first-order valence-electron chi connectivity index (χ1n) is 4.71. The normalized spacial score (nSPS) is 32.5. The predicted molar refractivity (Wildman–Crippen MR) is 49.2 cm³/mol. The van der Waals surface area contributed by atoms with E-state index in [9.17, 15) is 20.2 Å². The highest BCUT2D eigenvalue weighted by Gasteiger charge is 2.48. The molecule has 1 saturated carbocycles. The molecule has 14 heavy (non-hydrogen) atoms. The van der Waals surface area contributed by atoms with Gasteiger partial charge in [-0.05, 0) is 19.8 Å². The van der Waals surface area contributed by atoms with Gasteiger partial charge in [0.1, 0.15) is 0 Å². The molecule has 0 spiro atoms. The van der Waals surface area contributed by atoms with Gasteiger partial charge in [0.2, 0.25) is 12.6 Å². The molecule has 0 bridgehead atoms. The minimum absolute atomic E-state index is 0.293. The van der Waals surface area contributed by atoms with Crippen molar-refractivity contribution >= 4 is 0 Å². The fraction of sp³-hybridized carbons (Fsp3) is 1.00. The Bertz CT molecular complexity index is 256. The van der Waals surface area contributed by atoms with E-state index in [1.807, 2.05) is 0 Å². The molecule has 0 amide bonds. The minimum Gasteiger partial charge on any atom is -0.265 e. The van der Waals surface area contributed by atoms with Crippen LogP contribution < -0.4 is 0 Å². The average Bonchev–Trinajstić information content (AvgIpc) is 2.01. The second kappa shape index (κ2) is 3.89. The van der Waals surface area contributed by atoms with E-state index in [1.54, 1.807) is 6.92 Å². The molecule has 0 aromatic carbocycles. The van der Waals surface area contributed by atoms with Crippen molar-refractivity contribution in [2.75, 3.05) is 6.54 Å². The Balaban J connectivity index is 2.79. The summed E-state index contributed by atoms with van der Waals surface area (Å²) >= 11 is 0. The molecule has 6 nitrogen and oxygen atoms in total. The highest BCUT2D eigenvalue weighted by Crippen LogP contribution is 2.37. The van der Waals surface area contributed by atoms with Crippen LogP contribution in [0.1, 0.15) is 32.6 Å². The molecule has 2 unspecified atom stereocenters. The first kappa shape index (κ1) is 10.9. The quantitative estimate of drug-likeness (QED) is 0.512. The third kappa shape index (κ3) is 2.18. The van der Waals surface area contributed by atoms with Gasteiger partial charge in [-0.15, -0.1) is 0 Å². The topological polar surface area (TPSA) is 86.3 Å². The van der Waals surface area contributed by atoms with Crippen LogP contribution in [0, 0.1) is 25.6 Å². The summed E-state index contributed by atoms with van der Waals surface area (Å²) in [5.74, 6) is 0. The maximum atomic E-state index is 10.7. The summed E-state index contributed by atoms with van der Waals surface area (Å²) in [6, 6.07) is -0.748. The van der Waals surface area contributed by atoms with Gasteiger partial charge in [0.25, 0.3) is 0 Å². The molecule has 1 aliphatic carbocycles. The highest BCUT2D eigenvalue weighted by molar-refractivity contribution is 4.86. The zero-order valence-electron chi connectivity index (χ0n) is 8.14. The van der Waals surface area contributed by atoms with Crippen LogP contribution in [0.15, 0.2) is 0 Å². The molecular formula is C8H14N2O4. The molecule has 1 rings (SSSR count). The van der Waals surface area contributed by atoms with Gasteiger partial charge in [0, 0.05) is 16.3 Å². The molecule has 0 saturated heterocycles. The number of nitro groups is 2. The lowest BCUT2D eigenvalue weighted by Gasteiger charge is -2.32. The van der Waals surface area contributed by atoms with E-state index < -0.39 is 16.4 Å². The van der Waals surface area contributed by atoms with E-state index in [0.717, 1.165) is 12.8 Å². The van der Waals surface area contributed by atoms with Gasteiger partial charge in [-0.25, -0.2) is 0 Å². The Morgan fingerprint density at radius 3 is 2.50 bits per heavy atom. The van der Waals surface area contributed by atoms with Crippen LogP contribution in [0.3, 0.4) is 0 Å². The van der Waals surface area contributed by atoms with Crippen LogP contribution in [-0.4, -0.2) is 22.4 Å². The fourth-order valence-electron chi connectivity index (χ4n) is 2.22. The van der Waals surface area contributed by atoms with E-state index in [2.05, 4.69) is 0 Å². The molecule has 6 heteroatoms. The van der Waals surface area contributed by atoms with Gasteiger partial charge in [0.05, 0.1) is 5.41 Å². The lowest BCUT2D eigenvalue weighted by Crippen LogP contribution is -2.45. The lowest BCUT2D eigenvalue weighted by atomic mass is 9.72. The number of nitrogens with zero attached hydrogens (tertiary/aromatic N) is 2. The summed E-state index contributed by atoms with van der Waals surface area (Å²) in [4.78, 5) is 20.4. The van der Waals surface area contributed by atoms with Crippen LogP contribution in [0.25, 0.3) is 0 Å². The third-order valence-corrected chi connectivity index (χ3v) is 3.02. The van der Waals surface area contributed by atoms with Crippen LogP contribution >= 0.6 is 0 Å². The molecule has 0 aromatic rings. The van der Waals surface area contributed by atoms with E-state index in [0.29, 0.717) is 12.8 Å². The standard InChI is InChI=1S/C8H14N2O4/c1-8(6-9(11)12)5-3-2-4-7(8)10(13)14/h7H,2-6H2,1H3. The molecule has 2 atom stereocenters. The number of hydrogen-bond acceptors (Lipinski definition) is 4. The van der Waals surface area contributed by atoms with Crippen molar-refractivity contribution in [3.05, 3.63) is 20.2 Å². The monoisotopic (exact) mass is 202 g/mol. The van der Waals surface area contributed by atoms with Crippen molar-refractivity contribution in [3.8, 4) is 0 Å².